The van der Waals surface area contributed by atoms with Gasteiger partial charge in [0.2, 0.25) is 0 Å². The maximum absolute atomic E-state index is 4.06. The van der Waals surface area contributed by atoms with Crippen molar-refractivity contribution in [2.45, 2.75) is 38.1 Å². The van der Waals surface area contributed by atoms with Crippen molar-refractivity contribution < 1.29 is 0 Å². The van der Waals surface area contributed by atoms with E-state index in [1.807, 2.05) is 12.4 Å². The zero-order valence-corrected chi connectivity index (χ0v) is 12.3. The van der Waals surface area contributed by atoms with Crippen LogP contribution in [0.15, 0.2) is 24.5 Å². The Kier molecular flexibility index (Phi) is 5.80. The van der Waals surface area contributed by atoms with Gasteiger partial charge in [-0.05, 0) is 69.9 Å². The van der Waals surface area contributed by atoms with E-state index in [2.05, 4.69) is 41.4 Å². The molecule has 1 fully saturated rings. The Hall–Kier alpha value is -0.930. The van der Waals surface area contributed by atoms with Gasteiger partial charge in [-0.25, -0.2) is 0 Å². The number of nitrogens with zero attached hydrogens (tertiary/aromatic N) is 2. The van der Waals surface area contributed by atoms with Crippen molar-refractivity contribution in [2.24, 2.45) is 5.92 Å². The molecule has 1 saturated carbocycles. The maximum Gasteiger partial charge on any atom is 0.0270 e. The fourth-order valence-corrected chi connectivity index (χ4v) is 3.13. The second-order valence-corrected chi connectivity index (χ2v) is 5.78. The standard InChI is InChI=1S/C16H27N3/c1-17-16-5-3-4-15(16)9-13-19(2)12-8-14-6-10-18-11-7-14/h6-7,10-11,15-17H,3-5,8-9,12-13H2,1-2H3. The van der Waals surface area contributed by atoms with E-state index in [9.17, 15) is 0 Å². The SMILES string of the molecule is CNC1CCCC1CCN(C)CCc1ccncc1. The molecule has 2 unspecified atom stereocenters. The van der Waals surface area contributed by atoms with Crippen LogP contribution in [0.1, 0.15) is 31.2 Å². The highest BCUT2D eigenvalue weighted by molar-refractivity contribution is 5.09. The number of nitrogens with one attached hydrogen (secondary N) is 1. The first-order chi connectivity index (χ1) is 9.29. The molecule has 1 heterocycles. The van der Waals surface area contributed by atoms with Crippen molar-refractivity contribution in [3.05, 3.63) is 30.1 Å². The first kappa shape index (κ1) is 14.5. The predicted molar refractivity (Wildman–Crippen MR) is 80.2 cm³/mol. The van der Waals surface area contributed by atoms with Gasteiger partial charge in [-0.1, -0.05) is 6.42 Å². The molecule has 0 radical (unpaired) electrons. The average molecular weight is 261 g/mol. The smallest absolute Gasteiger partial charge is 0.0270 e. The Morgan fingerprint density at radius 1 is 1.26 bits per heavy atom. The minimum atomic E-state index is 0.758. The highest BCUT2D eigenvalue weighted by atomic mass is 15.1. The molecule has 0 aliphatic heterocycles. The molecule has 0 spiro atoms. The summed E-state index contributed by atoms with van der Waals surface area (Å²) in [5.74, 6) is 0.883. The maximum atomic E-state index is 4.06. The third-order valence-corrected chi connectivity index (χ3v) is 4.44. The summed E-state index contributed by atoms with van der Waals surface area (Å²) in [5, 5.41) is 3.47. The van der Waals surface area contributed by atoms with Gasteiger partial charge in [-0.2, -0.15) is 0 Å². The first-order valence-electron chi connectivity index (χ1n) is 7.54. The van der Waals surface area contributed by atoms with Gasteiger partial charge in [0, 0.05) is 25.0 Å². The molecule has 106 valence electrons. The fourth-order valence-electron chi connectivity index (χ4n) is 3.13. The van der Waals surface area contributed by atoms with E-state index < -0.39 is 0 Å². The highest BCUT2D eigenvalue weighted by Crippen LogP contribution is 2.28. The molecule has 19 heavy (non-hydrogen) atoms. The fraction of sp³-hybridized carbons (Fsp3) is 0.688. The second kappa shape index (κ2) is 7.61. The van der Waals surface area contributed by atoms with Crippen molar-refractivity contribution >= 4 is 0 Å². The Labute approximate surface area is 117 Å². The predicted octanol–water partition coefficient (Wildman–Crippen LogP) is 2.33. The van der Waals surface area contributed by atoms with E-state index in [1.54, 1.807) is 0 Å². The molecule has 1 aliphatic carbocycles. The molecule has 0 amide bonds. The summed E-state index contributed by atoms with van der Waals surface area (Å²) in [7, 11) is 4.35. The molecule has 1 N–H and O–H groups in total. The summed E-state index contributed by atoms with van der Waals surface area (Å²) < 4.78 is 0. The Bertz CT molecular complexity index is 352. The quantitative estimate of drug-likeness (QED) is 0.816. The van der Waals surface area contributed by atoms with Gasteiger partial charge in [0.1, 0.15) is 0 Å². The molecule has 1 aromatic heterocycles. The third-order valence-electron chi connectivity index (χ3n) is 4.44. The molecule has 2 atom stereocenters. The lowest BCUT2D eigenvalue weighted by Crippen LogP contribution is -2.32. The zero-order chi connectivity index (χ0) is 13.5. The lowest BCUT2D eigenvalue weighted by Gasteiger charge is -2.23. The van der Waals surface area contributed by atoms with Crippen LogP contribution in [0.3, 0.4) is 0 Å². The van der Waals surface area contributed by atoms with Crippen molar-refractivity contribution in [2.75, 3.05) is 27.2 Å². The van der Waals surface area contributed by atoms with E-state index in [-0.39, 0.29) is 0 Å². The van der Waals surface area contributed by atoms with Crippen LogP contribution in [0.5, 0.6) is 0 Å². The molecule has 1 aromatic rings. The summed E-state index contributed by atoms with van der Waals surface area (Å²) in [5.41, 5.74) is 1.39. The van der Waals surface area contributed by atoms with Gasteiger partial charge >= 0.3 is 0 Å². The molecule has 1 aliphatic rings. The van der Waals surface area contributed by atoms with Crippen LogP contribution in [0.4, 0.5) is 0 Å². The average Bonchev–Trinajstić information content (AvgIpc) is 2.91. The van der Waals surface area contributed by atoms with Crippen LogP contribution in [-0.2, 0) is 6.42 Å². The van der Waals surface area contributed by atoms with Gasteiger partial charge in [0.15, 0.2) is 0 Å². The lowest BCUT2D eigenvalue weighted by atomic mass is 9.99. The molecular weight excluding hydrogens is 234 g/mol. The van der Waals surface area contributed by atoms with E-state index in [0.717, 1.165) is 24.9 Å². The minimum Gasteiger partial charge on any atom is -0.317 e. The van der Waals surface area contributed by atoms with Crippen molar-refractivity contribution in [1.82, 2.24) is 15.2 Å². The summed E-state index contributed by atoms with van der Waals surface area (Å²) >= 11 is 0. The van der Waals surface area contributed by atoms with Gasteiger partial charge in [0.25, 0.3) is 0 Å². The molecule has 0 bridgehead atoms. The zero-order valence-electron chi connectivity index (χ0n) is 12.3. The third kappa shape index (κ3) is 4.59. The van der Waals surface area contributed by atoms with E-state index >= 15 is 0 Å². The van der Waals surface area contributed by atoms with E-state index in [4.69, 9.17) is 0 Å². The molecule has 0 aromatic carbocycles. The number of likely N-dealkylation sites (N-methyl/N-ethyl adjacent to an activating group) is 1. The van der Waals surface area contributed by atoms with Crippen LogP contribution in [0, 0.1) is 5.92 Å². The van der Waals surface area contributed by atoms with Gasteiger partial charge in [0.05, 0.1) is 0 Å². The Morgan fingerprint density at radius 3 is 2.79 bits per heavy atom. The number of rotatable bonds is 7. The monoisotopic (exact) mass is 261 g/mol. The van der Waals surface area contributed by atoms with Gasteiger partial charge in [-0.15, -0.1) is 0 Å². The first-order valence-corrected chi connectivity index (χ1v) is 7.54. The van der Waals surface area contributed by atoms with Crippen LogP contribution in [-0.4, -0.2) is 43.1 Å². The van der Waals surface area contributed by atoms with Crippen molar-refractivity contribution in [1.29, 1.82) is 0 Å². The summed E-state index contributed by atoms with van der Waals surface area (Å²) in [4.78, 5) is 6.52. The number of hydrogen-bond donors (Lipinski definition) is 1. The van der Waals surface area contributed by atoms with Crippen LogP contribution in [0.2, 0.25) is 0 Å². The molecule has 3 heteroatoms. The van der Waals surface area contributed by atoms with Crippen molar-refractivity contribution in [3.8, 4) is 0 Å². The van der Waals surface area contributed by atoms with Crippen molar-refractivity contribution in [3.63, 3.8) is 0 Å². The summed E-state index contributed by atoms with van der Waals surface area (Å²) in [6.07, 6.45) is 10.4. The van der Waals surface area contributed by atoms with E-state index in [0.29, 0.717) is 0 Å². The topological polar surface area (TPSA) is 28.2 Å². The van der Waals surface area contributed by atoms with Gasteiger partial charge < -0.3 is 10.2 Å². The number of pyridine rings is 1. The van der Waals surface area contributed by atoms with Crippen LogP contribution < -0.4 is 5.32 Å². The number of hydrogen-bond acceptors (Lipinski definition) is 3. The van der Waals surface area contributed by atoms with Gasteiger partial charge in [-0.3, -0.25) is 4.98 Å². The van der Waals surface area contributed by atoms with E-state index in [1.165, 1.54) is 37.8 Å². The molecular formula is C16H27N3. The second-order valence-electron chi connectivity index (χ2n) is 5.78. The molecule has 0 saturated heterocycles. The minimum absolute atomic E-state index is 0.758. The summed E-state index contributed by atoms with van der Waals surface area (Å²) in [6, 6.07) is 4.98. The normalized spacial score (nSPS) is 23.1. The largest absolute Gasteiger partial charge is 0.317 e. The van der Waals surface area contributed by atoms with Crippen LogP contribution >= 0.6 is 0 Å². The lowest BCUT2D eigenvalue weighted by molar-refractivity contribution is 0.286. The number of aromatic nitrogens is 1. The summed E-state index contributed by atoms with van der Waals surface area (Å²) in [6.45, 7) is 2.36. The molecule has 3 nitrogen and oxygen atoms in total. The Morgan fingerprint density at radius 2 is 2.05 bits per heavy atom. The highest BCUT2D eigenvalue weighted by Gasteiger charge is 2.25. The molecule has 2 rings (SSSR count). The van der Waals surface area contributed by atoms with Crippen LogP contribution in [0.25, 0.3) is 0 Å². The Balaban J connectivity index is 1.66.